The van der Waals surface area contributed by atoms with E-state index in [1.165, 1.54) is 31.5 Å². The van der Waals surface area contributed by atoms with Gasteiger partial charge < -0.3 is 10.5 Å². The first-order valence-corrected chi connectivity index (χ1v) is 9.51. The minimum absolute atomic E-state index is 0. The fourth-order valence-corrected chi connectivity index (χ4v) is 3.15. The zero-order valence-corrected chi connectivity index (χ0v) is 18.7. The lowest BCUT2D eigenvalue weighted by molar-refractivity contribution is -0.249. The minimum atomic E-state index is -4.78. The number of ether oxygens (including phenoxy) is 1. The minimum Gasteiger partial charge on any atom is -0.385 e. The van der Waals surface area contributed by atoms with Crippen molar-refractivity contribution in [2.45, 2.75) is 37.6 Å². The largest absolute Gasteiger partial charge is 0.424 e. The van der Waals surface area contributed by atoms with Crippen LogP contribution in [0.1, 0.15) is 35.6 Å². The lowest BCUT2D eigenvalue weighted by Crippen LogP contribution is -2.60. The Kier molecular flexibility index (Phi) is 7.13. The Morgan fingerprint density at radius 1 is 1.26 bits per heavy atom. The summed E-state index contributed by atoms with van der Waals surface area (Å²) in [6, 6.07) is 3.88. The molecule has 0 aliphatic carbocycles. The smallest absolute Gasteiger partial charge is 0.385 e. The van der Waals surface area contributed by atoms with Gasteiger partial charge in [-0.1, -0.05) is 6.07 Å². The van der Waals surface area contributed by atoms with Crippen LogP contribution in [-0.2, 0) is 16.7 Å². The highest BCUT2D eigenvalue weighted by molar-refractivity contribution is 9.10. The van der Waals surface area contributed by atoms with E-state index in [1.807, 2.05) is 0 Å². The Morgan fingerprint density at radius 2 is 1.87 bits per heavy atom. The molecule has 2 atom stereocenters. The molecule has 0 spiro atoms. The molecule has 0 saturated heterocycles. The molecule has 0 fully saturated rings. The highest BCUT2D eigenvalue weighted by Gasteiger charge is 2.59. The molecule has 1 aromatic carbocycles. The molecule has 2 aromatic rings. The molecule has 0 unspecified atom stereocenters. The predicted molar refractivity (Wildman–Crippen MR) is 111 cm³/mol. The number of rotatable bonds is 4. The maximum absolute atomic E-state index is 14.6. The topological polar surface area (TPSA) is 90.5 Å². The first kappa shape index (κ1) is 25.2. The van der Waals surface area contributed by atoms with E-state index in [4.69, 9.17) is 10.5 Å². The average molecular weight is 526 g/mol. The van der Waals surface area contributed by atoms with Crippen LogP contribution in [0.25, 0.3) is 0 Å². The fraction of sp³-hybridized carbons (Fsp3) is 0.368. The number of hydrogen-bond donors (Lipinski definition) is 1. The molecule has 6 nitrogen and oxygen atoms in total. The Bertz CT molecular complexity index is 1020. The summed E-state index contributed by atoms with van der Waals surface area (Å²) in [5, 5.41) is 0. The first-order valence-electron chi connectivity index (χ1n) is 8.72. The van der Waals surface area contributed by atoms with Crippen LogP contribution in [0.2, 0.25) is 0 Å². The van der Waals surface area contributed by atoms with E-state index in [1.54, 1.807) is 0 Å². The molecule has 0 saturated carbocycles. The first-order chi connectivity index (χ1) is 13.9. The van der Waals surface area contributed by atoms with Gasteiger partial charge in [0.25, 0.3) is 0 Å². The summed E-state index contributed by atoms with van der Waals surface area (Å²) >= 11 is 3.17. The van der Waals surface area contributed by atoms with E-state index in [-0.39, 0.29) is 30.2 Å². The predicted octanol–water partition coefficient (Wildman–Crippen LogP) is 4.15. The van der Waals surface area contributed by atoms with Gasteiger partial charge in [-0.25, -0.2) is 14.4 Å². The summed E-state index contributed by atoms with van der Waals surface area (Å²) in [5.41, 5.74) is 1.72. The van der Waals surface area contributed by atoms with Crippen molar-refractivity contribution >= 4 is 40.0 Å². The number of nitrogens with zero attached hydrogens (tertiary/aromatic N) is 3. The summed E-state index contributed by atoms with van der Waals surface area (Å²) in [5.74, 6) is -1.92. The second kappa shape index (κ2) is 8.79. The molecule has 31 heavy (non-hydrogen) atoms. The van der Waals surface area contributed by atoms with Crippen molar-refractivity contribution in [2.75, 3.05) is 6.61 Å². The maximum atomic E-state index is 14.6. The molecule has 0 bridgehead atoms. The van der Waals surface area contributed by atoms with Crippen molar-refractivity contribution in [2.24, 2.45) is 10.7 Å². The molecule has 1 aromatic heterocycles. The van der Waals surface area contributed by atoms with Gasteiger partial charge in [-0.15, -0.1) is 12.4 Å². The maximum Gasteiger partial charge on any atom is 0.424 e. The van der Waals surface area contributed by atoms with Gasteiger partial charge in [0.05, 0.1) is 11.1 Å². The van der Waals surface area contributed by atoms with E-state index in [2.05, 4.69) is 30.9 Å². The summed E-state index contributed by atoms with van der Waals surface area (Å²) < 4.78 is 60.1. The van der Waals surface area contributed by atoms with Crippen LogP contribution in [0.4, 0.5) is 17.6 Å². The number of halogens is 6. The summed E-state index contributed by atoms with van der Waals surface area (Å²) in [6.07, 6.45) is -2.07. The van der Waals surface area contributed by atoms with Crippen LogP contribution in [0, 0.1) is 5.82 Å². The zero-order valence-electron chi connectivity index (χ0n) is 16.3. The van der Waals surface area contributed by atoms with Gasteiger partial charge in [-0.05, 0) is 47.5 Å². The molecule has 1 aliphatic rings. The van der Waals surface area contributed by atoms with Crippen molar-refractivity contribution < 1.29 is 27.1 Å². The number of amidine groups is 1. The number of hydrogen-bond acceptors (Lipinski definition) is 6. The van der Waals surface area contributed by atoms with Crippen molar-refractivity contribution in [3.8, 4) is 0 Å². The van der Waals surface area contributed by atoms with E-state index >= 15 is 0 Å². The Labute approximate surface area is 189 Å². The molecule has 168 valence electrons. The van der Waals surface area contributed by atoms with Crippen molar-refractivity contribution in [1.82, 2.24) is 9.97 Å². The molecule has 2 heterocycles. The van der Waals surface area contributed by atoms with Gasteiger partial charge in [0.1, 0.15) is 17.2 Å². The van der Waals surface area contributed by atoms with Crippen molar-refractivity contribution in [3.63, 3.8) is 0 Å². The van der Waals surface area contributed by atoms with Gasteiger partial charge in [0, 0.05) is 24.4 Å². The number of carbonyl (C=O) groups is 1. The van der Waals surface area contributed by atoms with E-state index in [9.17, 15) is 22.4 Å². The number of benzene rings is 1. The number of aromatic nitrogens is 2. The number of ketones is 1. The van der Waals surface area contributed by atoms with Crippen molar-refractivity contribution in [3.05, 3.63) is 57.8 Å². The van der Waals surface area contributed by atoms with E-state index < -0.39 is 41.4 Å². The number of nitrogens with two attached hydrogens (primary N) is 1. The van der Waals surface area contributed by atoms with E-state index in [0.29, 0.717) is 10.0 Å². The SMILES string of the molecule is C[C@@]1(c2cc(CC(=O)c3ncc(Br)cn3)ccc2F)CO[C@@](C)(C(F)(F)F)C(N)=N1.Cl. The number of alkyl halides is 3. The van der Waals surface area contributed by atoms with Crippen molar-refractivity contribution in [1.29, 1.82) is 0 Å². The second-order valence-electron chi connectivity index (χ2n) is 7.23. The Balaban J connectivity index is 0.00000341. The van der Waals surface area contributed by atoms with Crippen LogP contribution < -0.4 is 5.73 Å². The molecule has 3 rings (SSSR count). The van der Waals surface area contributed by atoms with Gasteiger partial charge in [0.2, 0.25) is 11.4 Å². The number of Topliss-reactive ketones (excluding diaryl/α,β-unsaturated/α-hetero) is 1. The van der Waals surface area contributed by atoms with Crippen LogP contribution in [-0.4, -0.2) is 40.0 Å². The fourth-order valence-electron chi connectivity index (χ4n) is 2.94. The van der Waals surface area contributed by atoms with Gasteiger partial charge in [-0.2, -0.15) is 13.2 Å². The van der Waals surface area contributed by atoms with Crippen LogP contribution in [0.15, 0.2) is 40.1 Å². The Morgan fingerprint density at radius 3 is 2.42 bits per heavy atom. The third-order valence-corrected chi connectivity index (χ3v) is 5.29. The highest BCUT2D eigenvalue weighted by Crippen LogP contribution is 2.41. The average Bonchev–Trinajstić information content (AvgIpc) is 2.66. The van der Waals surface area contributed by atoms with Gasteiger partial charge >= 0.3 is 6.18 Å². The van der Waals surface area contributed by atoms with Gasteiger partial charge in [0.15, 0.2) is 5.82 Å². The van der Waals surface area contributed by atoms with Gasteiger partial charge in [-0.3, -0.25) is 9.79 Å². The molecule has 12 heteroatoms. The van der Waals surface area contributed by atoms with E-state index in [0.717, 1.165) is 13.0 Å². The lowest BCUT2D eigenvalue weighted by atomic mass is 9.88. The lowest BCUT2D eigenvalue weighted by Gasteiger charge is -2.41. The van der Waals surface area contributed by atoms with Crippen LogP contribution in [0.5, 0.6) is 0 Å². The third kappa shape index (κ3) is 4.88. The molecule has 0 amide bonds. The quantitative estimate of drug-likeness (QED) is 0.478. The van der Waals surface area contributed by atoms with Crippen LogP contribution >= 0.6 is 28.3 Å². The summed E-state index contributed by atoms with van der Waals surface area (Å²) in [4.78, 5) is 24.2. The molecule has 2 N–H and O–H groups in total. The number of aliphatic imine (C=N–C) groups is 1. The monoisotopic (exact) mass is 524 g/mol. The Hall–Kier alpha value is -2.11. The molecular formula is C19H18BrClF4N4O2. The summed E-state index contributed by atoms with van der Waals surface area (Å²) in [6.45, 7) is 1.64. The van der Waals surface area contributed by atoms with Crippen LogP contribution in [0.3, 0.4) is 0 Å². The normalized spacial score (nSPS) is 23.6. The second-order valence-corrected chi connectivity index (χ2v) is 8.15. The standard InChI is InChI=1S/C19H17BrF4N4O2.ClH/c1-17(9-30-18(2,16(25)28-17)19(22,23)24)12-5-10(3-4-13(12)21)6-14(29)15-26-7-11(20)8-27-15;/h3-5,7-8H,6,9H2,1-2H3,(H2,25,28);1H/t17-,18+;/m0./s1. The number of carbonyl (C=O) groups excluding carboxylic acids is 1. The third-order valence-electron chi connectivity index (χ3n) is 4.88. The molecular weight excluding hydrogens is 508 g/mol. The highest BCUT2D eigenvalue weighted by atomic mass is 79.9. The summed E-state index contributed by atoms with van der Waals surface area (Å²) in [7, 11) is 0. The molecule has 0 radical (unpaired) electrons. The molecule has 1 aliphatic heterocycles. The zero-order chi connectivity index (χ0) is 22.3.